The fourth-order valence-corrected chi connectivity index (χ4v) is 3.78. The number of nitrogens with one attached hydrogen (secondary N) is 1. The second-order valence-corrected chi connectivity index (χ2v) is 8.00. The summed E-state index contributed by atoms with van der Waals surface area (Å²) in [5.41, 5.74) is 0.251. The predicted octanol–water partition coefficient (Wildman–Crippen LogP) is 4.26. The number of aromatic nitrogens is 2. The lowest BCUT2D eigenvalue weighted by molar-refractivity contribution is -0.384. The number of nitro groups is 1. The molecule has 2 aromatic carbocycles. The first-order valence-electron chi connectivity index (χ1n) is 8.83. The first kappa shape index (κ1) is 21.5. The lowest BCUT2D eigenvalue weighted by Gasteiger charge is -2.16. The molecule has 0 spiro atoms. The van der Waals surface area contributed by atoms with Gasteiger partial charge in [-0.25, -0.2) is 4.98 Å². The number of nitro benzene ring substituents is 1. The Bertz CT molecular complexity index is 1210. The molecule has 0 saturated carbocycles. The number of rotatable bonds is 7. The fraction of sp³-hybridized carbons (Fsp3) is 0.150. The molecule has 1 amide bonds. The fourth-order valence-electron chi connectivity index (χ4n) is 2.70. The Morgan fingerprint density at radius 3 is 2.83 bits per heavy atom. The van der Waals surface area contributed by atoms with E-state index in [1.165, 1.54) is 22.8 Å². The summed E-state index contributed by atoms with van der Waals surface area (Å²) in [6, 6.07) is 10.8. The number of amides is 1. The van der Waals surface area contributed by atoms with Gasteiger partial charge in [0, 0.05) is 18.7 Å². The Balaban J connectivity index is 1.88. The molecule has 8 nitrogen and oxygen atoms in total. The average molecular weight is 445 g/mol. The minimum Gasteiger partial charge on any atom is -0.324 e. The van der Waals surface area contributed by atoms with Crippen molar-refractivity contribution in [3.05, 3.63) is 80.6 Å². The Morgan fingerprint density at radius 2 is 2.13 bits per heavy atom. The number of halogens is 1. The molecule has 0 aliphatic carbocycles. The molecule has 1 aromatic heterocycles. The van der Waals surface area contributed by atoms with Crippen molar-refractivity contribution in [2.75, 3.05) is 5.32 Å². The van der Waals surface area contributed by atoms with Crippen molar-refractivity contribution < 1.29 is 9.72 Å². The van der Waals surface area contributed by atoms with Crippen LogP contribution in [0.4, 0.5) is 11.4 Å². The number of anilines is 1. The van der Waals surface area contributed by atoms with Crippen LogP contribution in [0.3, 0.4) is 0 Å². The molecule has 3 rings (SSSR count). The second-order valence-electron chi connectivity index (χ2n) is 6.29. The lowest BCUT2D eigenvalue weighted by Crippen LogP contribution is -2.27. The summed E-state index contributed by atoms with van der Waals surface area (Å²) in [4.78, 5) is 40.4. The van der Waals surface area contributed by atoms with Crippen molar-refractivity contribution in [3.8, 4) is 0 Å². The van der Waals surface area contributed by atoms with Crippen LogP contribution < -0.4 is 10.9 Å². The number of allylic oxidation sites excluding steroid dienone is 1. The van der Waals surface area contributed by atoms with Crippen LogP contribution in [0.15, 0.2) is 65.1 Å². The quantitative estimate of drug-likeness (QED) is 0.192. The molecule has 1 atom stereocenters. The van der Waals surface area contributed by atoms with Crippen molar-refractivity contribution in [3.63, 3.8) is 0 Å². The summed E-state index contributed by atoms with van der Waals surface area (Å²) in [7, 11) is 0. The zero-order valence-corrected chi connectivity index (χ0v) is 17.4. The van der Waals surface area contributed by atoms with E-state index in [-0.39, 0.29) is 28.5 Å². The van der Waals surface area contributed by atoms with E-state index >= 15 is 0 Å². The summed E-state index contributed by atoms with van der Waals surface area (Å²) in [5.74, 6) is -0.435. The van der Waals surface area contributed by atoms with Crippen LogP contribution in [-0.4, -0.2) is 25.6 Å². The number of benzene rings is 2. The van der Waals surface area contributed by atoms with Crippen LogP contribution in [0.25, 0.3) is 10.9 Å². The van der Waals surface area contributed by atoms with Gasteiger partial charge in [-0.05, 0) is 25.1 Å². The Hall–Kier alpha value is -3.17. The van der Waals surface area contributed by atoms with Gasteiger partial charge in [0.25, 0.3) is 11.2 Å². The van der Waals surface area contributed by atoms with Gasteiger partial charge >= 0.3 is 0 Å². The maximum absolute atomic E-state index is 12.8. The molecule has 0 saturated heterocycles. The molecule has 1 heterocycles. The smallest absolute Gasteiger partial charge is 0.271 e. The second kappa shape index (κ2) is 9.10. The van der Waals surface area contributed by atoms with Crippen LogP contribution in [0.2, 0.25) is 5.02 Å². The van der Waals surface area contributed by atoms with Crippen LogP contribution in [0.5, 0.6) is 0 Å². The number of hydrogen-bond acceptors (Lipinski definition) is 6. The Labute approximate surface area is 180 Å². The van der Waals surface area contributed by atoms with E-state index in [9.17, 15) is 19.7 Å². The summed E-state index contributed by atoms with van der Waals surface area (Å²) >= 11 is 7.15. The van der Waals surface area contributed by atoms with Gasteiger partial charge in [-0.3, -0.25) is 24.3 Å². The minimum absolute atomic E-state index is 0.137. The van der Waals surface area contributed by atoms with E-state index in [0.717, 1.165) is 11.8 Å². The maximum atomic E-state index is 12.8. The van der Waals surface area contributed by atoms with Gasteiger partial charge in [0.1, 0.15) is 0 Å². The number of carbonyl (C=O) groups excluding carboxylic acids is 1. The largest absolute Gasteiger partial charge is 0.324 e. The highest BCUT2D eigenvalue weighted by molar-refractivity contribution is 8.00. The average Bonchev–Trinajstić information content (AvgIpc) is 2.72. The van der Waals surface area contributed by atoms with Gasteiger partial charge in [-0.2, -0.15) is 0 Å². The highest BCUT2D eigenvalue weighted by Gasteiger charge is 2.21. The molecule has 0 fully saturated rings. The topological polar surface area (TPSA) is 107 Å². The summed E-state index contributed by atoms with van der Waals surface area (Å²) in [5, 5.41) is 13.9. The van der Waals surface area contributed by atoms with Gasteiger partial charge in [-0.1, -0.05) is 41.6 Å². The monoisotopic (exact) mass is 444 g/mol. The number of fused-ring (bicyclic) bond motifs is 1. The molecule has 0 radical (unpaired) electrons. The van der Waals surface area contributed by atoms with Crippen molar-refractivity contribution in [2.45, 2.75) is 23.9 Å². The first-order chi connectivity index (χ1) is 14.3. The van der Waals surface area contributed by atoms with E-state index in [1.807, 2.05) is 0 Å². The van der Waals surface area contributed by atoms with Gasteiger partial charge in [0.2, 0.25) is 5.91 Å². The zero-order chi connectivity index (χ0) is 21.8. The molecular weight excluding hydrogens is 428 g/mol. The van der Waals surface area contributed by atoms with Crippen molar-refractivity contribution in [1.29, 1.82) is 0 Å². The highest BCUT2D eigenvalue weighted by Crippen LogP contribution is 2.29. The first-order valence-corrected chi connectivity index (χ1v) is 10.1. The number of non-ortho nitro benzene ring substituents is 1. The molecule has 0 unspecified atom stereocenters. The Kier molecular flexibility index (Phi) is 6.53. The Morgan fingerprint density at radius 1 is 1.40 bits per heavy atom. The minimum atomic E-state index is -0.663. The highest BCUT2D eigenvalue weighted by atomic mass is 35.5. The van der Waals surface area contributed by atoms with Crippen molar-refractivity contribution in [2.24, 2.45) is 0 Å². The molecule has 0 aliphatic heterocycles. The van der Waals surface area contributed by atoms with E-state index in [0.29, 0.717) is 16.1 Å². The number of carbonyl (C=O) groups is 1. The van der Waals surface area contributed by atoms with E-state index in [2.05, 4.69) is 16.9 Å². The lowest BCUT2D eigenvalue weighted by atomic mass is 10.2. The molecule has 30 heavy (non-hydrogen) atoms. The number of para-hydroxylation sites is 1. The van der Waals surface area contributed by atoms with E-state index < -0.39 is 16.1 Å². The van der Waals surface area contributed by atoms with E-state index in [4.69, 9.17) is 11.6 Å². The van der Waals surface area contributed by atoms with Crippen molar-refractivity contribution in [1.82, 2.24) is 9.55 Å². The van der Waals surface area contributed by atoms with Gasteiger partial charge in [-0.15, -0.1) is 6.58 Å². The molecule has 154 valence electrons. The number of thioether (sulfide) groups is 1. The van der Waals surface area contributed by atoms with E-state index in [1.54, 1.807) is 37.3 Å². The van der Waals surface area contributed by atoms with Crippen LogP contribution in [0.1, 0.15) is 6.92 Å². The van der Waals surface area contributed by atoms with Gasteiger partial charge in [0.05, 0.1) is 31.8 Å². The molecule has 0 bridgehead atoms. The van der Waals surface area contributed by atoms with Gasteiger partial charge < -0.3 is 5.32 Å². The third-order valence-corrected chi connectivity index (χ3v) is 5.63. The van der Waals surface area contributed by atoms with Crippen molar-refractivity contribution >= 4 is 51.5 Å². The SMILES string of the molecule is C=CCn1c(S[C@H](C)C(=O)Nc2cc([N+](=O)[O-])ccc2Cl)nc2ccccc2c1=O. The molecular formula is C20H17ClN4O4S. The predicted molar refractivity (Wildman–Crippen MR) is 118 cm³/mol. The third-order valence-electron chi connectivity index (χ3n) is 4.21. The third kappa shape index (κ3) is 4.52. The summed E-state index contributed by atoms with van der Waals surface area (Å²) in [6.07, 6.45) is 1.58. The maximum Gasteiger partial charge on any atom is 0.271 e. The zero-order valence-electron chi connectivity index (χ0n) is 15.9. The molecule has 10 heteroatoms. The number of hydrogen-bond donors (Lipinski definition) is 1. The molecule has 1 N–H and O–H groups in total. The molecule has 3 aromatic rings. The van der Waals surface area contributed by atoms with Crippen LogP contribution >= 0.6 is 23.4 Å². The normalized spacial score (nSPS) is 11.8. The molecule has 0 aliphatic rings. The standard InChI is InChI=1S/C20H17ClN4O4S/c1-3-10-24-19(27)14-6-4-5-7-16(14)23-20(24)30-12(2)18(26)22-17-11-13(25(28)29)8-9-15(17)21/h3-9,11-12H,1,10H2,2H3,(H,22,26)/t12-/m1/s1. The van der Waals surface area contributed by atoms with Crippen LogP contribution in [0, 0.1) is 10.1 Å². The summed E-state index contributed by atoms with van der Waals surface area (Å²) in [6.45, 7) is 5.56. The number of nitrogens with zero attached hydrogens (tertiary/aromatic N) is 3. The van der Waals surface area contributed by atoms with Crippen LogP contribution in [-0.2, 0) is 11.3 Å². The summed E-state index contributed by atoms with van der Waals surface area (Å²) < 4.78 is 1.45. The van der Waals surface area contributed by atoms with Gasteiger partial charge in [0.15, 0.2) is 5.16 Å².